The molecule has 0 spiro atoms. The lowest BCUT2D eigenvalue weighted by molar-refractivity contribution is -0.133. The quantitative estimate of drug-likeness (QED) is 0.500. The van der Waals surface area contributed by atoms with Crippen LogP contribution in [0.5, 0.6) is 0 Å². The average molecular weight is 483 g/mol. The fraction of sp³-hybridized carbons (Fsp3) is 0.346. The first-order chi connectivity index (χ1) is 15.7. The largest absolute Gasteiger partial charge is 0.330 e. The summed E-state index contributed by atoms with van der Waals surface area (Å²) in [6.07, 6.45) is 0.785. The van der Waals surface area contributed by atoms with E-state index >= 15 is 0 Å². The highest BCUT2D eigenvalue weighted by Gasteiger charge is 2.36. The number of rotatable bonds is 6. The van der Waals surface area contributed by atoms with Crippen molar-refractivity contribution in [2.75, 3.05) is 13.1 Å². The van der Waals surface area contributed by atoms with E-state index in [-0.39, 0.29) is 29.4 Å². The van der Waals surface area contributed by atoms with Crippen LogP contribution in [0.25, 0.3) is 0 Å². The molecule has 1 aliphatic heterocycles. The molecule has 0 aliphatic carbocycles. The third-order valence-electron chi connectivity index (χ3n) is 6.26. The first-order valence-corrected chi connectivity index (χ1v) is 13.5. The normalized spacial score (nSPS) is 16.3. The molecule has 1 aliphatic rings. The van der Waals surface area contributed by atoms with Gasteiger partial charge in [-0.15, -0.1) is 11.3 Å². The molecule has 1 unspecified atom stereocenters. The van der Waals surface area contributed by atoms with Crippen LogP contribution < -0.4 is 0 Å². The maximum absolute atomic E-state index is 13.7. The highest BCUT2D eigenvalue weighted by molar-refractivity contribution is 7.89. The molecule has 0 bridgehead atoms. The molecule has 2 aromatic carbocycles. The Bertz CT molecular complexity index is 1250. The second-order valence-electron chi connectivity index (χ2n) is 8.85. The van der Waals surface area contributed by atoms with Gasteiger partial charge in [0.2, 0.25) is 15.9 Å². The lowest BCUT2D eigenvalue weighted by atomic mass is 9.90. The van der Waals surface area contributed by atoms with Crippen LogP contribution in [0.15, 0.2) is 64.9 Å². The standard InChI is InChI=1S/C26H30N2O3S2/c1-18(2)28(33(30,31)21-11-9-19(3)10-12-21)17-25(29)27-15-13-24-23(14-16-32-24)26(27)22-8-6-5-7-20(22)4/h5-12,14,16,18,26H,13,15,17H2,1-4H3. The van der Waals surface area contributed by atoms with Gasteiger partial charge in [-0.05, 0) is 74.4 Å². The molecule has 1 amide bonds. The zero-order valence-electron chi connectivity index (χ0n) is 19.5. The topological polar surface area (TPSA) is 57.7 Å². The van der Waals surface area contributed by atoms with E-state index in [9.17, 15) is 13.2 Å². The Morgan fingerprint density at radius 1 is 1.06 bits per heavy atom. The minimum absolute atomic E-state index is 0.176. The van der Waals surface area contributed by atoms with Gasteiger partial charge in [-0.25, -0.2) is 8.42 Å². The highest BCUT2D eigenvalue weighted by Crippen LogP contribution is 2.39. The van der Waals surface area contributed by atoms with Gasteiger partial charge in [0.05, 0.1) is 17.5 Å². The summed E-state index contributed by atoms with van der Waals surface area (Å²) in [5.41, 5.74) is 4.34. The predicted octanol–water partition coefficient (Wildman–Crippen LogP) is 4.94. The van der Waals surface area contributed by atoms with Gasteiger partial charge in [0, 0.05) is 17.5 Å². The van der Waals surface area contributed by atoms with Crippen molar-refractivity contribution in [3.05, 3.63) is 87.1 Å². The number of amides is 1. The fourth-order valence-electron chi connectivity index (χ4n) is 4.43. The van der Waals surface area contributed by atoms with Gasteiger partial charge in [-0.3, -0.25) is 4.79 Å². The van der Waals surface area contributed by atoms with E-state index < -0.39 is 10.0 Å². The van der Waals surface area contributed by atoms with Crippen molar-refractivity contribution in [3.8, 4) is 0 Å². The molecule has 3 aromatic rings. The summed E-state index contributed by atoms with van der Waals surface area (Å²) in [7, 11) is -3.80. The SMILES string of the molecule is Cc1ccc(S(=O)(=O)N(CC(=O)N2CCc3sccc3C2c2ccccc2C)C(C)C)cc1. The number of sulfonamides is 1. The number of thiophene rings is 1. The molecule has 7 heteroatoms. The maximum atomic E-state index is 13.7. The van der Waals surface area contributed by atoms with Crippen molar-refractivity contribution in [2.24, 2.45) is 0 Å². The molecule has 5 nitrogen and oxygen atoms in total. The van der Waals surface area contributed by atoms with E-state index in [4.69, 9.17) is 0 Å². The summed E-state index contributed by atoms with van der Waals surface area (Å²) in [6, 6.07) is 16.4. The molecule has 0 fully saturated rings. The van der Waals surface area contributed by atoms with Crippen LogP contribution in [-0.4, -0.2) is 42.7 Å². The first kappa shape index (κ1) is 23.7. The second-order valence-corrected chi connectivity index (χ2v) is 11.7. The van der Waals surface area contributed by atoms with E-state index in [1.54, 1.807) is 35.6 Å². The lowest BCUT2D eigenvalue weighted by Gasteiger charge is -2.38. The van der Waals surface area contributed by atoms with Crippen LogP contribution in [-0.2, 0) is 21.2 Å². The molecule has 1 aromatic heterocycles. The molecule has 174 valence electrons. The van der Waals surface area contributed by atoms with Crippen LogP contribution in [0.3, 0.4) is 0 Å². The Balaban J connectivity index is 1.68. The van der Waals surface area contributed by atoms with E-state index in [0.29, 0.717) is 6.54 Å². The van der Waals surface area contributed by atoms with Crippen molar-refractivity contribution >= 4 is 27.3 Å². The van der Waals surface area contributed by atoms with E-state index in [1.165, 1.54) is 9.18 Å². The summed E-state index contributed by atoms with van der Waals surface area (Å²) >= 11 is 1.72. The van der Waals surface area contributed by atoms with E-state index in [0.717, 1.165) is 28.7 Å². The summed E-state index contributed by atoms with van der Waals surface area (Å²) in [5, 5.41) is 2.08. The van der Waals surface area contributed by atoms with Gasteiger partial charge < -0.3 is 4.90 Å². The number of aryl methyl sites for hydroxylation is 2. The van der Waals surface area contributed by atoms with E-state index in [2.05, 4.69) is 30.5 Å². The Morgan fingerprint density at radius 3 is 2.42 bits per heavy atom. The monoisotopic (exact) mass is 482 g/mol. The van der Waals surface area contributed by atoms with Crippen LogP contribution in [0, 0.1) is 13.8 Å². The van der Waals surface area contributed by atoms with Crippen LogP contribution in [0.1, 0.15) is 47.0 Å². The molecule has 0 radical (unpaired) electrons. The summed E-state index contributed by atoms with van der Waals surface area (Å²) < 4.78 is 28.2. The molecule has 33 heavy (non-hydrogen) atoms. The number of carbonyl (C=O) groups excluding carboxylic acids is 1. The summed E-state index contributed by atoms with van der Waals surface area (Å²) in [5.74, 6) is -0.176. The molecule has 0 N–H and O–H groups in total. The Kier molecular flexibility index (Phi) is 6.75. The van der Waals surface area contributed by atoms with Crippen molar-refractivity contribution in [1.82, 2.24) is 9.21 Å². The highest BCUT2D eigenvalue weighted by atomic mass is 32.2. The molecule has 0 saturated heterocycles. The molecule has 1 atom stereocenters. The van der Waals surface area contributed by atoms with Crippen LogP contribution >= 0.6 is 11.3 Å². The van der Waals surface area contributed by atoms with Crippen molar-refractivity contribution in [1.29, 1.82) is 0 Å². The van der Waals surface area contributed by atoms with Crippen molar-refractivity contribution < 1.29 is 13.2 Å². The number of fused-ring (bicyclic) bond motifs is 1. The third kappa shape index (κ3) is 4.63. The van der Waals surface area contributed by atoms with Crippen LogP contribution in [0.2, 0.25) is 0 Å². The predicted molar refractivity (Wildman–Crippen MR) is 133 cm³/mol. The number of hydrogen-bond donors (Lipinski definition) is 0. The zero-order chi connectivity index (χ0) is 23.8. The molecule has 4 rings (SSSR count). The summed E-state index contributed by atoms with van der Waals surface area (Å²) in [6.45, 7) is 7.98. The fourth-order valence-corrected chi connectivity index (χ4v) is 6.92. The summed E-state index contributed by atoms with van der Waals surface area (Å²) in [4.78, 5) is 17.1. The third-order valence-corrected chi connectivity index (χ3v) is 9.30. The van der Waals surface area contributed by atoms with Gasteiger partial charge in [0.15, 0.2) is 0 Å². The van der Waals surface area contributed by atoms with Gasteiger partial charge in [0.25, 0.3) is 0 Å². The minimum atomic E-state index is -3.80. The van der Waals surface area contributed by atoms with E-state index in [1.807, 2.05) is 37.8 Å². The number of carbonyl (C=O) groups is 1. The van der Waals surface area contributed by atoms with Gasteiger partial charge in [0.1, 0.15) is 0 Å². The number of nitrogens with zero attached hydrogens (tertiary/aromatic N) is 2. The van der Waals surface area contributed by atoms with Gasteiger partial charge in [-0.1, -0.05) is 42.0 Å². The second kappa shape index (κ2) is 9.41. The zero-order valence-corrected chi connectivity index (χ0v) is 21.1. The molecular weight excluding hydrogens is 452 g/mol. The Hall–Kier alpha value is -2.48. The van der Waals surface area contributed by atoms with Crippen molar-refractivity contribution in [3.63, 3.8) is 0 Å². The molecule has 2 heterocycles. The Labute approximate surface area is 200 Å². The maximum Gasteiger partial charge on any atom is 0.243 e. The molecular formula is C26H30N2O3S2. The average Bonchev–Trinajstić information content (AvgIpc) is 3.26. The van der Waals surface area contributed by atoms with Crippen LogP contribution in [0.4, 0.5) is 0 Å². The van der Waals surface area contributed by atoms with Gasteiger partial charge in [-0.2, -0.15) is 4.31 Å². The Morgan fingerprint density at radius 2 is 1.76 bits per heavy atom. The minimum Gasteiger partial charge on any atom is -0.330 e. The number of hydrogen-bond acceptors (Lipinski definition) is 4. The van der Waals surface area contributed by atoms with Crippen molar-refractivity contribution in [2.45, 2.75) is 51.1 Å². The smallest absolute Gasteiger partial charge is 0.243 e. The van der Waals surface area contributed by atoms with Gasteiger partial charge >= 0.3 is 0 Å². The molecule has 0 saturated carbocycles. The first-order valence-electron chi connectivity index (χ1n) is 11.2. The number of benzene rings is 2. The lowest BCUT2D eigenvalue weighted by Crippen LogP contribution is -2.48.